The fraction of sp³-hybridized carbons (Fsp3) is 0.190. The minimum absolute atomic E-state index is 0.140. The van der Waals surface area contributed by atoms with Gasteiger partial charge in [-0.05, 0) is 53.4 Å². The molecule has 0 radical (unpaired) electrons. The molecule has 0 amide bonds. The van der Waals surface area contributed by atoms with Gasteiger partial charge in [-0.1, -0.05) is 62.5 Å². The van der Waals surface area contributed by atoms with E-state index in [2.05, 4.69) is 21.1 Å². The van der Waals surface area contributed by atoms with Crippen LogP contribution in [0, 0.1) is 4.91 Å². The van der Waals surface area contributed by atoms with Gasteiger partial charge < -0.3 is 4.57 Å². The highest BCUT2D eigenvalue weighted by Gasteiger charge is 2.24. The maximum atomic E-state index is 11.7. The fourth-order valence-corrected chi connectivity index (χ4v) is 4.00. The van der Waals surface area contributed by atoms with Crippen molar-refractivity contribution in [2.75, 3.05) is 0 Å². The van der Waals surface area contributed by atoms with E-state index in [0.717, 1.165) is 15.6 Å². The van der Waals surface area contributed by atoms with Crippen LogP contribution in [0.5, 0.6) is 0 Å². The van der Waals surface area contributed by atoms with E-state index in [-0.39, 0.29) is 11.5 Å². The molecule has 2 aromatic carbocycles. The number of rotatable bonds is 6. The average Bonchev–Trinajstić information content (AvgIpc) is 2.67. The van der Waals surface area contributed by atoms with Crippen LogP contribution in [0.15, 0.2) is 75.2 Å². The monoisotopic (exact) mass is 478 g/mol. The molecular weight excluding hydrogens is 463 g/mol. The molecule has 0 bridgehead atoms. The van der Waals surface area contributed by atoms with Crippen LogP contribution in [0.25, 0.3) is 0 Å². The first-order valence-electron chi connectivity index (χ1n) is 8.58. The first kappa shape index (κ1) is 20.8. The van der Waals surface area contributed by atoms with Gasteiger partial charge in [0.05, 0.1) is 0 Å². The summed E-state index contributed by atoms with van der Waals surface area (Å²) in [5.41, 5.74) is 2.42. The molecule has 2 atom stereocenters. The van der Waals surface area contributed by atoms with Crippen molar-refractivity contribution in [2.24, 2.45) is 12.2 Å². The van der Waals surface area contributed by atoms with Gasteiger partial charge in [0.25, 0.3) is 0 Å². The third kappa shape index (κ3) is 4.72. The van der Waals surface area contributed by atoms with E-state index in [1.807, 2.05) is 30.3 Å². The average molecular weight is 480 g/mol. The predicted molar refractivity (Wildman–Crippen MR) is 117 cm³/mol. The van der Waals surface area contributed by atoms with Gasteiger partial charge in [-0.25, -0.2) is 0 Å². The lowest BCUT2D eigenvalue weighted by Gasteiger charge is -2.22. The van der Waals surface area contributed by atoms with Crippen molar-refractivity contribution in [2.45, 2.75) is 18.4 Å². The molecule has 0 spiro atoms. The van der Waals surface area contributed by atoms with E-state index in [4.69, 9.17) is 23.2 Å². The third-order valence-corrected chi connectivity index (χ3v) is 5.78. The maximum absolute atomic E-state index is 11.7. The Balaban J connectivity index is 2.04. The molecule has 3 rings (SSSR count). The highest BCUT2D eigenvalue weighted by Crippen LogP contribution is 2.39. The molecule has 28 heavy (non-hydrogen) atoms. The zero-order valence-corrected chi connectivity index (χ0v) is 18.1. The standard InChI is InChI=1S/C21H17BrCl2N2O2/c1-26-12-14(4-9-21(26)27)20(25-28)11-18(13-2-5-15(22)6-3-13)17-8-7-16(23)10-19(17)24/h2-10,12,18,20H,11H2,1H3. The summed E-state index contributed by atoms with van der Waals surface area (Å²) >= 11 is 16.0. The van der Waals surface area contributed by atoms with Crippen molar-refractivity contribution in [1.82, 2.24) is 4.57 Å². The molecule has 3 aromatic rings. The summed E-state index contributed by atoms with van der Waals surface area (Å²) < 4.78 is 2.40. The Morgan fingerprint density at radius 1 is 1.04 bits per heavy atom. The summed E-state index contributed by atoms with van der Waals surface area (Å²) in [6.45, 7) is 0. The molecule has 1 aromatic heterocycles. The van der Waals surface area contributed by atoms with Gasteiger partial charge in [0.1, 0.15) is 6.04 Å². The molecular formula is C21H17BrCl2N2O2. The molecule has 2 unspecified atom stereocenters. The Morgan fingerprint density at radius 2 is 1.71 bits per heavy atom. The van der Waals surface area contributed by atoms with Crippen molar-refractivity contribution < 1.29 is 0 Å². The second-order valence-electron chi connectivity index (χ2n) is 6.54. The van der Waals surface area contributed by atoms with E-state index >= 15 is 0 Å². The van der Waals surface area contributed by atoms with Crippen molar-refractivity contribution in [3.8, 4) is 0 Å². The van der Waals surface area contributed by atoms with Crippen LogP contribution in [0.3, 0.4) is 0 Å². The normalized spacial score (nSPS) is 13.1. The molecule has 0 aliphatic rings. The number of aromatic nitrogens is 1. The lowest BCUT2D eigenvalue weighted by atomic mass is 9.84. The Morgan fingerprint density at radius 3 is 2.32 bits per heavy atom. The van der Waals surface area contributed by atoms with E-state index in [1.165, 1.54) is 10.6 Å². The van der Waals surface area contributed by atoms with Crippen LogP contribution in [-0.2, 0) is 7.05 Å². The predicted octanol–water partition coefficient (Wildman–Crippen LogP) is 6.48. The van der Waals surface area contributed by atoms with E-state index in [1.54, 1.807) is 31.4 Å². The summed E-state index contributed by atoms with van der Waals surface area (Å²) in [5.74, 6) is -0.169. The highest BCUT2D eigenvalue weighted by atomic mass is 79.9. The molecule has 0 saturated heterocycles. The van der Waals surface area contributed by atoms with Crippen LogP contribution < -0.4 is 5.56 Å². The Bertz CT molecular complexity index is 1050. The number of hydrogen-bond acceptors (Lipinski definition) is 3. The number of nitrogens with zero attached hydrogens (tertiary/aromatic N) is 2. The summed E-state index contributed by atoms with van der Waals surface area (Å²) in [5, 5.41) is 4.42. The minimum Gasteiger partial charge on any atom is -0.318 e. The molecule has 0 aliphatic heterocycles. The minimum atomic E-state index is -0.632. The fourth-order valence-electron chi connectivity index (χ4n) is 3.20. The molecule has 1 heterocycles. The second-order valence-corrected chi connectivity index (χ2v) is 8.30. The second kappa shape index (κ2) is 9.03. The molecule has 0 saturated carbocycles. The van der Waals surface area contributed by atoms with Crippen LogP contribution in [0.2, 0.25) is 10.0 Å². The van der Waals surface area contributed by atoms with Crippen LogP contribution >= 0.6 is 39.1 Å². The van der Waals surface area contributed by atoms with E-state index in [0.29, 0.717) is 22.0 Å². The Labute approximate surface area is 181 Å². The molecule has 0 N–H and O–H groups in total. The third-order valence-electron chi connectivity index (χ3n) is 4.69. The van der Waals surface area contributed by atoms with Gasteiger partial charge in [-0.15, -0.1) is 0 Å². The number of halogens is 3. The summed E-state index contributed by atoms with van der Waals surface area (Å²) in [6.07, 6.45) is 2.06. The highest BCUT2D eigenvalue weighted by molar-refractivity contribution is 9.10. The number of hydrogen-bond donors (Lipinski definition) is 0. The molecule has 0 aliphatic carbocycles. The Kier molecular flexibility index (Phi) is 6.70. The number of aryl methyl sites for hydroxylation is 1. The lowest BCUT2D eigenvalue weighted by molar-refractivity contribution is 0.588. The summed E-state index contributed by atoms with van der Waals surface area (Å²) in [6, 6.07) is 15.7. The van der Waals surface area contributed by atoms with Crippen molar-refractivity contribution in [1.29, 1.82) is 0 Å². The van der Waals surface area contributed by atoms with Gasteiger partial charge >= 0.3 is 0 Å². The molecule has 7 heteroatoms. The first-order valence-corrected chi connectivity index (χ1v) is 10.1. The zero-order valence-electron chi connectivity index (χ0n) is 15.0. The SMILES string of the molecule is Cn1cc(C(CC(c2ccc(Br)cc2)c2ccc(Cl)cc2Cl)N=O)ccc1=O. The van der Waals surface area contributed by atoms with Crippen LogP contribution in [0.1, 0.15) is 35.1 Å². The number of benzene rings is 2. The van der Waals surface area contributed by atoms with Gasteiger partial charge in [0.2, 0.25) is 5.56 Å². The Hall–Kier alpha value is -1.95. The topological polar surface area (TPSA) is 51.4 Å². The largest absolute Gasteiger partial charge is 0.318 e. The van der Waals surface area contributed by atoms with Gasteiger partial charge in [0.15, 0.2) is 0 Å². The molecule has 0 fully saturated rings. The summed E-state index contributed by atoms with van der Waals surface area (Å²) in [7, 11) is 1.65. The van der Waals surface area contributed by atoms with Crippen molar-refractivity contribution in [3.05, 3.63) is 107 Å². The van der Waals surface area contributed by atoms with Crippen LogP contribution in [-0.4, -0.2) is 4.57 Å². The van der Waals surface area contributed by atoms with Crippen LogP contribution in [0.4, 0.5) is 0 Å². The van der Waals surface area contributed by atoms with Gasteiger partial charge in [-0.3, -0.25) is 4.79 Å². The first-order chi connectivity index (χ1) is 13.4. The lowest BCUT2D eigenvalue weighted by Crippen LogP contribution is -2.16. The smallest absolute Gasteiger partial charge is 0.250 e. The maximum Gasteiger partial charge on any atom is 0.250 e. The quantitative estimate of drug-likeness (QED) is 0.379. The molecule has 4 nitrogen and oxygen atoms in total. The van der Waals surface area contributed by atoms with E-state index in [9.17, 15) is 9.70 Å². The van der Waals surface area contributed by atoms with Crippen molar-refractivity contribution >= 4 is 39.1 Å². The van der Waals surface area contributed by atoms with Gasteiger partial charge in [0, 0.05) is 39.7 Å². The van der Waals surface area contributed by atoms with Gasteiger partial charge in [-0.2, -0.15) is 4.91 Å². The molecule has 144 valence electrons. The van der Waals surface area contributed by atoms with Crippen molar-refractivity contribution in [3.63, 3.8) is 0 Å². The zero-order chi connectivity index (χ0) is 20.3. The number of nitroso groups, excluding NO2 is 1. The van der Waals surface area contributed by atoms with E-state index < -0.39 is 6.04 Å². The summed E-state index contributed by atoms with van der Waals surface area (Å²) in [4.78, 5) is 23.4. The number of pyridine rings is 1.